The van der Waals surface area contributed by atoms with E-state index in [1.54, 1.807) is 17.5 Å². The first kappa shape index (κ1) is 19.4. The third kappa shape index (κ3) is 4.06. The van der Waals surface area contributed by atoms with Crippen molar-refractivity contribution >= 4 is 32.4 Å². The van der Waals surface area contributed by atoms with E-state index < -0.39 is 10.0 Å². The van der Waals surface area contributed by atoms with E-state index >= 15 is 0 Å². The first-order valence-electron chi connectivity index (χ1n) is 9.51. The number of hydrogen-bond donors (Lipinski definition) is 0. The molecule has 3 heterocycles. The van der Waals surface area contributed by atoms with Crippen molar-refractivity contribution in [3.8, 4) is 0 Å². The van der Waals surface area contributed by atoms with Crippen molar-refractivity contribution in [2.45, 2.75) is 24.6 Å². The van der Waals surface area contributed by atoms with Gasteiger partial charge in [-0.15, -0.1) is 11.3 Å². The summed E-state index contributed by atoms with van der Waals surface area (Å²) in [5.74, 6) is 0.0928. The van der Waals surface area contributed by atoms with Crippen molar-refractivity contribution in [1.82, 2.24) is 14.2 Å². The van der Waals surface area contributed by atoms with Gasteiger partial charge in [-0.3, -0.25) is 4.79 Å². The second-order valence-electron chi connectivity index (χ2n) is 7.13. The molecule has 1 atom stereocenters. The lowest BCUT2D eigenvalue weighted by atomic mass is 10.2. The fourth-order valence-electron chi connectivity index (χ4n) is 3.88. The van der Waals surface area contributed by atoms with Gasteiger partial charge in [0, 0.05) is 44.3 Å². The van der Waals surface area contributed by atoms with Crippen LogP contribution in [0.1, 0.15) is 18.4 Å². The number of sulfonamides is 1. The second kappa shape index (κ2) is 8.18. The lowest BCUT2D eigenvalue weighted by molar-refractivity contribution is -0.133. The number of carbonyl (C=O) groups is 1. The average Bonchev–Trinajstić information content (AvgIpc) is 3.39. The predicted octanol–water partition coefficient (Wildman–Crippen LogP) is 1.79. The van der Waals surface area contributed by atoms with E-state index in [0.29, 0.717) is 26.2 Å². The van der Waals surface area contributed by atoms with Crippen LogP contribution in [0.15, 0.2) is 41.9 Å². The molecular weight excluding hydrogens is 396 g/mol. The van der Waals surface area contributed by atoms with Gasteiger partial charge in [-0.25, -0.2) is 13.4 Å². The van der Waals surface area contributed by atoms with E-state index in [9.17, 15) is 13.2 Å². The van der Waals surface area contributed by atoms with Gasteiger partial charge < -0.3 is 9.80 Å². The molecule has 2 aromatic rings. The van der Waals surface area contributed by atoms with E-state index in [-0.39, 0.29) is 17.7 Å². The van der Waals surface area contributed by atoms with Gasteiger partial charge in [-0.05, 0) is 18.4 Å². The van der Waals surface area contributed by atoms with E-state index in [2.05, 4.69) is 9.88 Å². The topological polar surface area (TPSA) is 73.8 Å². The molecule has 2 aliphatic heterocycles. The van der Waals surface area contributed by atoms with Crippen molar-refractivity contribution in [2.24, 2.45) is 0 Å². The van der Waals surface area contributed by atoms with Crippen LogP contribution in [0, 0.1) is 0 Å². The summed E-state index contributed by atoms with van der Waals surface area (Å²) in [4.78, 5) is 21.3. The highest BCUT2D eigenvalue weighted by Crippen LogP contribution is 2.28. The molecule has 150 valence electrons. The van der Waals surface area contributed by atoms with Crippen molar-refractivity contribution in [3.05, 3.63) is 47.5 Å². The highest BCUT2D eigenvalue weighted by Gasteiger charge is 2.37. The first-order valence-corrected chi connectivity index (χ1v) is 12.0. The molecule has 28 heavy (non-hydrogen) atoms. The van der Waals surface area contributed by atoms with Crippen LogP contribution >= 0.6 is 11.3 Å². The molecule has 0 N–H and O–H groups in total. The Balaban J connectivity index is 1.36. The molecule has 0 spiro atoms. The number of nitrogens with zero attached hydrogens (tertiary/aromatic N) is 4. The maximum atomic E-state index is 13.0. The van der Waals surface area contributed by atoms with Crippen molar-refractivity contribution < 1.29 is 13.2 Å². The summed E-state index contributed by atoms with van der Waals surface area (Å²) >= 11 is 1.55. The van der Waals surface area contributed by atoms with E-state index in [1.165, 1.54) is 4.31 Å². The molecule has 7 nitrogen and oxygen atoms in total. The Morgan fingerprint density at radius 2 is 1.86 bits per heavy atom. The lowest BCUT2D eigenvalue weighted by Gasteiger charge is -2.36. The molecular formula is C19H24N4O3S2. The monoisotopic (exact) mass is 420 g/mol. The smallest absolute Gasteiger partial charge is 0.245 e. The third-order valence-electron chi connectivity index (χ3n) is 5.34. The van der Waals surface area contributed by atoms with Crippen LogP contribution < -0.4 is 4.90 Å². The Kier molecular flexibility index (Phi) is 5.65. The summed E-state index contributed by atoms with van der Waals surface area (Å²) in [6, 6.07) is 9.03. The number of anilines is 1. The molecule has 0 bridgehead atoms. The average molecular weight is 421 g/mol. The molecule has 4 rings (SSSR count). The summed E-state index contributed by atoms with van der Waals surface area (Å²) < 4.78 is 26.9. The van der Waals surface area contributed by atoms with Crippen LogP contribution in [0.2, 0.25) is 0 Å². The van der Waals surface area contributed by atoms with Crippen LogP contribution in [0.3, 0.4) is 0 Å². The van der Waals surface area contributed by atoms with Crippen LogP contribution in [0.4, 0.5) is 5.13 Å². The Labute approximate surface area is 169 Å². The fourth-order valence-corrected chi connectivity index (χ4v) is 6.12. The van der Waals surface area contributed by atoms with E-state index in [0.717, 1.165) is 30.1 Å². The van der Waals surface area contributed by atoms with Gasteiger partial charge >= 0.3 is 0 Å². The van der Waals surface area contributed by atoms with Gasteiger partial charge in [0.15, 0.2) is 5.13 Å². The van der Waals surface area contributed by atoms with Crippen molar-refractivity contribution in [3.63, 3.8) is 0 Å². The van der Waals surface area contributed by atoms with Crippen molar-refractivity contribution in [1.29, 1.82) is 0 Å². The number of amides is 1. The zero-order chi connectivity index (χ0) is 19.6. The first-order chi connectivity index (χ1) is 13.5. The SMILES string of the molecule is O=C(C1CCCN1c1nccs1)N1CCN(S(=O)(=O)Cc2ccccc2)CC1. The number of benzene rings is 1. The summed E-state index contributed by atoms with van der Waals surface area (Å²) in [7, 11) is -3.37. The molecule has 2 saturated heterocycles. The maximum absolute atomic E-state index is 13.0. The van der Waals surface area contributed by atoms with Crippen LogP contribution in [0.25, 0.3) is 0 Å². The summed E-state index contributed by atoms with van der Waals surface area (Å²) in [6.07, 6.45) is 3.56. The summed E-state index contributed by atoms with van der Waals surface area (Å²) in [5, 5.41) is 2.81. The normalized spacial score (nSPS) is 21.2. The van der Waals surface area contributed by atoms with Gasteiger partial charge in [0.2, 0.25) is 15.9 Å². The molecule has 2 fully saturated rings. The number of piperazine rings is 1. The predicted molar refractivity (Wildman–Crippen MR) is 110 cm³/mol. The molecule has 0 radical (unpaired) electrons. The Bertz CT molecular complexity index is 895. The largest absolute Gasteiger partial charge is 0.338 e. The number of carbonyl (C=O) groups excluding carboxylic acids is 1. The molecule has 2 aliphatic rings. The Morgan fingerprint density at radius 1 is 1.11 bits per heavy atom. The molecule has 9 heteroatoms. The Hall–Kier alpha value is -1.97. The maximum Gasteiger partial charge on any atom is 0.245 e. The quantitative estimate of drug-likeness (QED) is 0.737. The van der Waals surface area contributed by atoms with Gasteiger partial charge in [-0.1, -0.05) is 30.3 Å². The number of aromatic nitrogens is 1. The minimum Gasteiger partial charge on any atom is -0.338 e. The highest BCUT2D eigenvalue weighted by atomic mass is 32.2. The number of hydrogen-bond acceptors (Lipinski definition) is 6. The molecule has 0 saturated carbocycles. The fraction of sp³-hybridized carbons (Fsp3) is 0.474. The van der Waals surface area contributed by atoms with Gasteiger partial charge in [0.1, 0.15) is 6.04 Å². The van der Waals surface area contributed by atoms with E-state index in [4.69, 9.17) is 0 Å². The Morgan fingerprint density at radius 3 is 2.54 bits per heavy atom. The zero-order valence-corrected chi connectivity index (χ0v) is 17.2. The number of rotatable bonds is 5. The summed E-state index contributed by atoms with van der Waals surface area (Å²) in [5.41, 5.74) is 0.783. The lowest BCUT2D eigenvalue weighted by Crippen LogP contribution is -2.54. The van der Waals surface area contributed by atoms with Gasteiger partial charge in [0.05, 0.1) is 5.75 Å². The minimum absolute atomic E-state index is 0.00222. The van der Waals surface area contributed by atoms with Crippen molar-refractivity contribution in [2.75, 3.05) is 37.6 Å². The second-order valence-corrected chi connectivity index (χ2v) is 9.97. The molecule has 0 aliphatic carbocycles. The molecule has 1 unspecified atom stereocenters. The summed E-state index contributed by atoms with van der Waals surface area (Å²) in [6.45, 7) is 2.43. The van der Waals surface area contributed by atoms with Crippen LogP contribution in [-0.2, 0) is 20.6 Å². The third-order valence-corrected chi connectivity index (χ3v) is 8.00. The zero-order valence-electron chi connectivity index (χ0n) is 15.6. The van der Waals surface area contributed by atoms with Crippen LogP contribution in [-0.4, -0.2) is 67.3 Å². The molecule has 1 aromatic carbocycles. The molecule has 1 aromatic heterocycles. The van der Waals surface area contributed by atoms with E-state index in [1.807, 2.05) is 40.6 Å². The van der Waals surface area contributed by atoms with Gasteiger partial charge in [-0.2, -0.15) is 4.31 Å². The minimum atomic E-state index is -3.37. The standard InChI is InChI=1S/C19H24N4O3S2/c24-18(17-7-4-9-23(17)19-20-8-14-27-19)21-10-12-22(13-11-21)28(25,26)15-16-5-2-1-3-6-16/h1-3,5-6,8,14,17H,4,7,9-13,15H2. The number of thiazole rings is 1. The van der Waals surface area contributed by atoms with Crippen LogP contribution in [0.5, 0.6) is 0 Å². The highest BCUT2D eigenvalue weighted by molar-refractivity contribution is 7.88. The molecule has 1 amide bonds. The van der Waals surface area contributed by atoms with Gasteiger partial charge in [0.25, 0.3) is 0 Å².